The molecular weight excluding hydrogens is 415 g/mol. The van der Waals surface area contributed by atoms with Gasteiger partial charge in [-0.2, -0.15) is 0 Å². The number of methoxy groups -OCH3 is 1. The Labute approximate surface area is 176 Å². The zero-order valence-electron chi connectivity index (χ0n) is 16.1. The van der Waals surface area contributed by atoms with Crippen molar-refractivity contribution in [2.24, 2.45) is 0 Å². The number of carbonyl (C=O) groups excluding carboxylic acids is 2. The first-order chi connectivity index (χ1) is 14.4. The monoisotopic (exact) mass is 432 g/mol. The molecule has 0 radical (unpaired) electrons. The number of anilines is 1. The number of benzene rings is 2. The molecule has 0 bridgehead atoms. The highest BCUT2D eigenvalue weighted by Gasteiger charge is 2.25. The number of rotatable bonds is 6. The predicted octanol–water partition coefficient (Wildman–Crippen LogP) is 3.32. The fourth-order valence-corrected chi connectivity index (χ4v) is 2.91. The number of aryl methyl sites for hydroxylation is 1. The van der Waals surface area contributed by atoms with Gasteiger partial charge >= 0.3 is 0 Å². The number of halogens is 2. The first kappa shape index (κ1) is 21.1. The minimum Gasteiger partial charge on any atom is -0.497 e. The Morgan fingerprint density at radius 3 is 2.57 bits per heavy atom. The van der Waals surface area contributed by atoms with Gasteiger partial charge in [-0.1, -0.05) is 22.8 Å². The Kier molecular flexibility index (Phi) is 6.53. The Bertz CT molecular complexity index is 1050. The van der Waals surface area contributed by atoms with E-state index in [2.05, 4.69) is 21.3 Å². The number of amides is 2. The lowest BCUT2D eigenvalue weighted by Gasteiger charge is -2.10. The van der Waals surface area contributed by atoms with Crippen molar-refractivity contribution in [1.82, 2.24) is 16.0 Å². The highest BCUT2D eigenvalue weighted by atomic mass is 35.5. The Morgan fingerprint density at radius 2 is 1.90 bits per heavy atom. The van der Waals surface area contributed by atoms with Gasteiger partial charge in [0, 0.05) is 5.69 Å². The molecule has 0 saturated heterocycles. The number of ether oxygens (including phenoxy) is 1. The van der Waals surface area contributed by atoms with Gasteiger partial charge in [0.15, 0.2) is 0 Å². The summed E-state index contributed by atoms with van der Waals surface area (Å²) < 4.78 is 24.3. The summed E-state index contributed by atoms with van der Waals surface area (Å²) in [5.74, 6) is -1.04. The van der Waals surface area contributed by atoms with Crippen LogP contribution in [0.25, 0.3) is 11.3 Å². The molecule has 0 aliphatic heterocycles. The van der Waals surface area contributed by atoms with Crippen LogP contribution in [0.15, 0.2) is 47.0 Å². The molecule has 2 amide bonds. The molecule has 8 nitrogen and oxygen atoms in total. The fourth-order valence-electron chi connectivity index (χ4n) is 2.66. The summed E-state index contributed by atoms with van der Waals surface area (Å²) in [6.07, 6.45) is 0. The molecule has 3 rings (SSSR count). The number of nitrogens with zero attached hydrogens (tertiary/aromatic N) is 1. The quantitative estimate of drug-likeness (QED) is 0.516. The molecule has 156 valence electrons. The number of nitrogens with one attached hydrogen (secondary N) is 3. The molecule has 2 aromatic carbocycles. The van der Waals surface area contributed by atoms with Crippen molar-refractivity contribution >= 4 is 29.1 Å². The van der Waals surface area contributed by atoms with Gasteiger partial charge in [-0.25, -0.2) is 4.39 Å². The maximum Gasteiger partial charge on any atom is 0.275 e. The van der Waals surface area contributed by atoms with E-state index in [1.807, 2.05) is 0 Å². The van der Waals surface area contributed by atoms with E-state index in [0.717, 1.165) is 0 Å². The van der Waals surface area contributed by atoms with Gasteiger partial charge in [-0.3, -0.25) is 20.4 Å². The van der Waals surface area contributed by atoms with Crippen LogP contribution < -0.4 is 20.9 Å². The Hall–Kier alpha value is -3.59. The molecule has 0 spiro atoms. The van der Waals surface area contributed by atoms with Crippen LogP contribution in [0.1, 0.15) is 16.1 Å². The van der Waals surface area contributed by atoms with Crippen LogP contribution in [0.4, 0.5) is 10.1 Å². The summed E-state index contributed by atoms with van der Waals surface area (Å²) in [6, 6.07) is 11.1. The van der Waals surface area contributed by atoms with Crippen molar-refractivity contribution in [3.8, 4) is 17.0 Å². The average molecular weight is 433 g/mol. The van der Waals surface area contributed by atoms with Crippen molar-refractivity contribution in [2.75, 3.05) is 19.0 Å². The lowest BCUT2D eigenvalue weighted by Crippen LogP contribution is -2.44. The zero-order valence-corrected chi connectivity index (χ0v) is 16.8. The molecule has 0 fully saturated rings. The minimum atomic E-state index is -0.721. The summed E-state index contributed by atoms with van der Waals surface area (Å²) in [4.78, 5) is 24.6. The summed E-state index contributed by atoms with van der Waals surface area (Å²) in [6.45, 7) is 1.40. The van der Waals surface area contributed by atoms with Crippen LogP contribution in [0.2, 0.25) is 5.02 Å². The third kappa shape index (κ3) is 4.69. The Balaban J connectivity index is 1.64. The van der Waals surface area contributed by atoms with Gasteiger partial charge in [0.05, 0.1) is 24.2 Å². The average Bonchev–Trinajstić information content (AvgIpc) is 3.11. The van der Waals surface area contributed by atoms with E-state index in [0.29, 0.717) is 11.4 Å². The SMILES string of the molecule is COc1ccc(NCC(=O)NNC(=O)c2c(-c3c(F)cccc3Cl)noc2C)cc1. The van der Waals surface area contributed by atoms with E-state index in [1.54, 1.807) is 31.4 Å². The standard InChI is InChI=1S/C20H18ClFN4O4/c1-11-17(19(26-30-11)18-14(21)4-3-5-15(18)22)20(28)25-24-16(27)10-23-12-6-8-13(29-2)9-7-12/h3-9,23H,10H2,1-2H3,(H,24,27)(H,25,28). The lowest BCUT2D eigenvalue weighted by molar-refractivity contribution is -0.120. The van der Waals surface area contributed by atoms with Crippen molar-refractivity contribution < 1.29 is 23.2 Å². The van der Waals surface area contributed by atoms with Gasteiger partial charge < -0.3 is 14.6 Å². The topological polar surface area (TPSA) is 105 Å². The molecule has 0 aliphatic rings. The molecule has 0 saturated carbocycles. The van der Waals surface area contributed by atoms with Crippen LogP contribution in [0, 0.1) is 12.7 Å². The van der Waals surface area contributed by atoms with Crippen molar-refractivity contribution in [3.05, 3.63) is 64.6 Å². The number of hydrogen-bond acceptors (Lipinski definition) is 6. The third-order valence-corrected chi connectivity index (χ3v) is 4.46. The maximum absolute atomic E-state index is 14.2. The first-order valence-corrected chi connectivity index (χ1v) is 9.16. The maximum atomic E-state index is 14.2. The second kappa shape index (κ2) is 9.27. The molecule has 3 N–H and O–H groups in total. The largest absolute Gasteiger partial charge is 0.497 e. The molecule has 3 aromatic rings. The number of aromatic nitrogens is 1. The van der Waals surface area contributed by atoms with Gasteiger partial charge in [0.1, 0.15) is 28.6 Å². The van der Waals surface area contributed by atoms with Crippen LogP contribution in [-0.2, 0) is 4.79 Å². The zero-order chi connectivity index (χ0) is 21.7. The summed E-state index contributed by atoms with van der Waals surface area (Å²) in [5.41, 5.74) is 5.09. The van der Waals surface area contributed by atoms with Gasteiger partial charge in [0.25, 0.3) is 11.8 Å². The molecule has 0 atom stereocenters. The molecule has 1 aromatic heterocycles. The number of hydrogen-bond donors (Lipinski definition) is 3. The highest BCUT2D eigenvalue weighted by Crippen LogP contribution is 2.33. The third-order valence-electron chi connectivity index (χ3n) is 4.15. The highest BCUT2D eigenvalue weighted by molar-refractivity contribution is 6.33. The van der Waals surface area contributed by atoms with E-state index in [1.165, 1.54) is 25.1 Å². The molecule has 30 heavy (non-hydrogen) atoms. The fraction of sp³-hybridized carbons (Fsp3) is 0.150. The Morgan fingerprint density at radius 1 is 1.17 bits per heavy atom. The second-order valence-electron chi connectivity index (χ2n) is 6.14. The van der Waals surface area contributed by atoms with E-state index in [9.17, 15) is 14.0 Å². The predicted molar refractivity (Wildman–Crippen MR) is 109 cm³/mol. The van der Waals surface area contributed by atoms with Crippen LogP contribution in [-0.4, -0.2) is 30.6 Å². The van der Waals surface area contributed by atoms with E-state index in [-0.39, 0.29) is 34.1 Å². The molecule has 10 heteroatoms. The molecule has 1 heterocycles. The van der Waals surface area contributed by atoms with Gasteiger partial charge in [-0.05, 0) is 43.3 Å². The molecular formula is C20H18ClFN4O4. The number of hydrazine groups is 1. The summed E-state index contributed by atoms with van der Waals surface area (Å²) in [5, 5.41) is 6.73. The van der Waals surface area contributed by atoms with Crippen LogP contribution in [0.5, 0.6) is 5.75 Å². The normalized spacial score (nSPS) is 10.4. The number of carbonyl (C=O) groups is 2. The first-order valence-electron chi connectivity index (χ1n) is 8.78. The smallest absolute Gasteiger partial charge is 0.275 e. The molecule has 0 unspecified atom stereocenters. The van der Waals surface area contributed by atoms with Crippen molar-refractivity contribution in [2.45, 2.75) is 6.92 Å². The summed E-state index contributed by atoms with van der Waals surface area (Å²) >= 11 is 6.06. The van der Waals surface area contributed by atoms with Crippen molar-refractivity contribution in [3.63, 3.8) is 0 Å². The molecule has 0 aliphatic carbocycles. The van der Waals surface area contributed by atoms with E-state index in [4.69, 9.17) is 20.9 Å². The van der Waals surface area contributed by atoms with Gasteiger partial charge in [-0.15, -0.1) is 0 Å². The second-order valence-corrected chi connectivity index (χ2v) is 6.55. The van der Waals surface area contributed by atoms with Crippen LogP contribution >= 0.6 is 11.6 Å². The van der Waals surface area contributed by atoms with E-state index >= 15 is 0 Å². The summed E-state index contributed by atoms with van der Waals surface area (Å²) in [7, 11) is 1.56. The van der Waals surface area contributed by atoms with Crippen molar-refractivity contribution in [1.29, 1.82) is 0 Å². The lowest BCUT2D eigenvalue weighted by atomic mass is 10.1. The minimum absolute atomic E-state index is 0.0367. The van der Waals surface area contributed by atoms with E-state index < -0.39 is 17.6 Å². The van der Waals surface area contributed by atoms with Crippen LogP contribution in [0.3, 0.4) is 0 Å². The van der Waals surface area contributed by atoms with Gasteiger partial charge in [0.2, 0.25) is 0 Å².